The van der Waals surface area contributed by atoms with E-state index >= 15 is 0 Å². The average molecular weight is 366 g/mol. The topological polar surface area (TPSA) is 65.5 Å². The van der Waals surface area contributed by atoms with Gasteiger partial charge in [0.15, 0.2) is 0 Å². The molecule has 2 amide bonds. The van der Waals surface area contributed by atoms with Crippen molar-refractivity contribution in [1.82, 2.24) is 15.2 Å². The van der Waals surface area contributed by atoms with Gasteiger partial charge in [0, 0.05) is 50.2 Å². The molecule has 0 atom stereocenters. The third kappa shape index (κ3) is 4.84. The first-order valence-corrected chi connectivity index (χ1v) is 9.52. The van der Waals surface area contributed by atoms with Crippen molar-refractivity contribution in [2.45, 2.75) is 19.8 Å². The van der Waals surface area contributed by atoms with E-state index in [1.54, 1.807) is 12.1 Å². The SMILES string of the molecule is CCCCNC(=O)c1cc(C(=O)N2CCN(c3ccccc3)CC2)ccn1. The van der Waals surface area contributed by atoms with Crippen molar-refractivity contribution in [1.29, 1.82) is 0 Å². The van der Waals surface area contributed by atoms with Crippen molar-refractivity contribution in [2.75, 3.05) is 37.6 Å². The van der Waals surface area contributed by atoms with Gasteiger partial charge in [0.25, 0.3) is 11.8 Å². The highest BCUT2D eigenvalue weighted by Crippen LogP contribution is 2.17. The van der Waals surface area contributed by atoms with Crippen LogP contribution in [0, 0.1) is 0 Å². The van der Waals surface area contributed by atoms with E-state index in [0.29, 0.717) is 30.9 Å². The van der Waals surface area contributed by atoms with Gasteiger partial charge in [0.2, 0.25) is 0 Å². The Balaban J connectivity index is 1.60. The van der Waals surface area contributed by atoms with Crippen LogP contribution in [0.25, 0.3) is 0 Å². The Bertz CT molecular complexity index is 771. The number of rotatable bonds is 6. The Morgan fingerprint density at radius 2 is 1.81 bits per heavy atom. The van der Waals surface area contributed by atoms with Crippen molar-refractivity contribution in [3.05, 3.63) is 59.9 Å². The van der Waals surface area contributed by atoms with E-state index in [-0.39, 0.29) is 11.8 Å². The van der Waals surface area contributed by atoms with Gasteiger partial charge in [-0.25, -0.2) is 0 Å². The molecule has 0 aliphatic carbocycles. The molecule has 3 rings (SSSR count). The summed E-state index contributed by atoms with van der Waals surface area (Å²) >= 11 is 0. The minimum absolute atomic E-state index is 0.0484. The number of piperazine rings is 1. The molecule has 2 aromatic rings. The van der Waals surface area contributed by atoms with Crippen molar-refractivity contribution >= 4 is 17.5 Å². The Morgan fingerprint density at radius 3 is 2.52 bits per heavy atom. The summed E-state index contributed by atoms with van der Waals surface area (Å²) < 4.78 is 0. The Labute approximate surface area is 160 Å². The van der Waals surface area contributed by atoms with Gasteiger partial charge in [-0.15, -0.1) is 0 Å². The van der Waals surface area contributed by atoms with E-state index in [2.05, 4.69) is 34.3 Å². The molecule has 1 aliphatic rings. The first-order valence-electron chi connectivity index (χ1n) is 9.52. The molecule has 27 heavy (non-hydrogen) atoms. The number of anilines is 1. The molecule has 0 spiro atoms. The molecule has 1 aromatic carbocycles. The van der Waals surface area contributed by atoms with Crippen LogP contribution in [0.1, 0.15) is 40.6 Å². The molecule has 1 fully saturated rings. The smallest absolute Gasteiger partial charge is 0.269 e. The quantitative estimate of drug-likeness (QED) is 0.798. The van der Waals surface area contributed by atoms with Crippen molar-refractivity contribution < 1.29 is 9.59 Å². The van der Waals surface area contributed by atoms with Crippen LogP contribution in [0.2, 0.25) is 0 Å². The predicted molar refractivity (Wildman–Crippen MR) is 106 cm³/mol. The van der Waals surface area contributed by atoms with Crippen LogP contribution < -0.4 is 10.2 Å². The predicted octanol–water partition coefficient (Wildman–Crippen LogP) is 2.57. The number of aromatic nitrogens is 1. The number of amides is 2. The maximum atomic E-state index is 12.8. The number of nitrogens with one attached hydrogen (secondary N) is 1. The molecule has 0 bridgehead atoms. The van der Waals surface area contributed by atoms with Crippen molar-refractivity contribution in [3.63, 3.8) is 0 Å². The summed E-state index contributed by atoms with van der Waals surface area (Å²) in [4.78, 5) is 33.2. The lowest BCUT2D eigenvalue weighted by Crippen LogP contribution is -2.48. The Kier molecular flexibility index (Phi) is 6.41. The van der Waals surface area contributed by atoms with Crippen LogP contribution in [-0.4, -0.2) is 54.4 Å². The maximum Gasteiger partial charge on any atom is 0.269 e. The standard InChI is InChI=1S/C21H26N4O2/c1-2-3-10-23-20(26)19-16-17(9-11-22-19)21(27)25-14-12-24(13-15-25)18-7-5-4-6-8-18/h4-9,11,16H,2-3,10,12-15H2,1H3,(H,23,26). The minimum Gasteiger partial charge on any atom is -0.368 e. The van der Waals surface area contributed by atoms with Gasteiger partial charge in [-0.3, -0.25) is 14.6 Å². The molecule has 0 radical (unpaired) electrons. The molecule has 6 heteroatoms. The van der Waals surface area contributed by atoms with Crippen LogP contribution >= 0.6 is 0 Å². The normalized spacial score (nSPS) is 14.1. The van der Waals surface area contributed by atoms with E-state index < -0.39 is 0 Å². The number of benzene rings is 1. The monoisotopic (exact) mass is 366 g/mol. The maximum absolute atomic E-state index is 12.8. The van der Waals surface area contributed by atoms with Crippen molar-refractivity contribution in [3.8, 4) is 0 Å². The van der Waals surface area contributed by atoms with Crippen LogP contribution in [0.3, 0.4) is 0 Å². The molecule has 142 valence electrons. The summed E-state index contributed by atoms with van der Waals surface area (Å²) in [7, 11) is 0. The molecule has 0 saturated carbocycles. The zero-order valence-electron chi connectivity index (χ0n) is 15.7. The number of para-hydroxylation sites is 1. The lowest BCUT2D eigenvalue weighted by Gasteiger charge is -2.36. The second-order valence-electron chi connectivity index (χ2n) is 6.65. The summed E-state index contributed by atoms with van der Waals surface area (Å²) in [5.74, 6) is -0.278. The fourth-order valence-electron chi connectivity index (χ4n) is 3.15. The molecular weight excluding hydrogens is 340 g/mol. The minimum atomic E-state index is -0.230. The summed E-state index contributed by atoms with van der Waals surface area (Å²) in [6, 6.07) is 13.5. The molecule has 0 unspecified atom stereocenters. The highest BCUT2D eigenvalue weighted by molar-refractivity contribution is 5.98. The molecular formula is C21H26N4O2. The lowest BCUT2D eigenvalue weighted by atomic mass is 10.1. The molecule has 1 aromatic heterocycles. The van der Waals surface area contributed by atoms with Gasteiger partial charge in [-0.2, -0.15) is 0 Å². The first-order chi connectivity index (χ1) is 13.2. The van der Waals surface area contributed by atoms with E-state index in [0.717, 1.165) is 25.9 Å². The highest BCUT2D eigenvalue weighted by atomic mass is 16.2. The average Bonchev–Trinajstić information content (AvgIpc) is 2.74. The number of nitrogens with zero attached hydrogens (tertiary/aromatic N) is 3. The van der Waals surface area contributed by atoms with E-state index in [1.807, 2.05) is 23.1 Å². The van der Waals surface area contributed by atoms with Gasteiger partial charge in [-0.05, 0) is 30.7 Å². The van der Waals surface area contributed by atoms with Gasteiger partial charge < -0.3 is 15.1 Å². The van der Waals surface area contributed by atoms with Gasteiger partial charge >= 0.3 is 0 Å². The number of hydrogen-bond acceptors (Lipinski definition) is 4. The largest absolute Gasteiger partial charge is 0.368 e. The van der Waals surface area contributed by atoms with E-state index in [1.165, 1.54) is 11.9 Å². The number of carbonyl (C=O) groups excluding carboxylic acids is 2. The second kappa shape index (κ2) is 9.16. The summed E-state index contributed by atoms with van der Waals surface area (Å²) in [5, 5.41) is 2.84. The fraction of sp³-hybridized carbons (Fsp3) is 0.381. The summed E-state index contributed by atoms with van der Waals surface area (Å²) in [6.07, 6.45) is 3.47. The first kappa shape index (κ1) is 18.9. The van der Waals surface area contributed by atoms with Crippen molar-refractivity contribution in [2.24, 2.45) is 0 Å². The van der Waals surface area contributed by atoms with Gasteiger partial charge in [0.1, 0.15) is 5.69 Å². The highest BCUT2D eigenvalue weighted by Gasteiger charge is 2.23. The van der Waals surface area contributed by atoms with Gasteiger partial charge in [-0.1, -0.05) is 31.5 Å². The van der Waals surface area contributed by atoms with E-state index in [4.69, 9.17) is 0 Å². The Hall–Kier alpha value is -2.89. The van der Waals surface area contributed by atoms with Gasteiger partial charge in [0.05, 0.1) is 0 Å². The van der Waals surface area contributed by atoms with Crippen LogP contribution in [0.5, 0.6) is 0 Å². The third-order valence-corrected chi connectivity index (χ3v) is 4.74. The van der Waals surface area contributed by atoms with E-state index in [9.17, 15) is 9.59 Å². The second-order valence-corrected chi connectivity index (χ2v) is 6.65. The zero-order chi connectivity index (χ0) is 19.1. The zero-order valence-corrected chi connectivity index (χ0v) is 15.7. The number of pyridine rings is 1. The fourth-order valence-corrected chi connectivity index (χ4v) is 3.15. The van der Waals surface area contributed by atoms with Crippen LogP contribution in [0.15, 0.2) is 48.7 Å². The molecule has 2 heterocycles. The number of hydrogen-bond donors (Lipinski definition) is 1. The lowest BCUT2D eigenvalue weighted by molar-refractivity contribution is 0.0746. The van der Waals surface area contributed by atoms with Crippen LogP contribution in [-0.2, 0) is 0 Å². The molecule has 1 aliphatic heterocycles. The third-order valence-electron chi connectivity index (χ3n) is 4.74. The summed E-state index contributed by atoms with van der Waals surface area (Å²) in [5.41, 5.74) is 1.98. The molecule has 1 saturated heterocycles. The number of carbonyl (C=O) groups is 2. The van der Waals surface area contributed by atoms with Crippen LogP contribution in [0.4, 0.5) is 5.69 Å². The summed E-state index contributed by atoms with van der Waals surface area (Å²) in [6.45, 7) is 5.61. The number of unbranched alkanes of at least 4 members (excludes halogenated alkanes) is 1. The molecule has 6 nitrogen and oxygen atoms in total. The Morgan fingerprint density at radius 1 is 1.07 bits per heavy atom. The molecule has 1 N–H and O–H groups in total.